The van der Waals surface area contributed by atoms with E-state index in [-0.39, 0.29) is 17.9 Å². The molecule has 0 spiro atoms. The molecule has 0 saturated carbocycles. The summed E-state index contributed by atoms with van der Waals surface area (Å²) >= 11 is 0. The van der Waals surface area contributed by atoms with Gasteiger partial charge >= 0.3 is 0 Å². The van der Waals surface area contributed by atoms with Gasteiger partial charge in [0, 0.05) is 11.3 Å². The third-order valence-corrected chi connectivity index (χ3v) is 4.57. The molecule has 0 fully saturated rings. The molecule has 2 N–H and O–H groups in total. The van der Waals surface area contributed by atoms with Gasteiger partial charge in [-0.2, -0.15) is 4.98 Å². The van der Waals surface area contributed by atoms with E-state index in [4.69, 9.17) is 4.74 Å². The molecule has 2 aromatic carbocycles. The maximum atomic E-state index is 12.6. The van der Waals surface area contributed by atoms with E-state index < -0.39 is 0 Å². The number of carbonyl (C=O) groups excluding carboxylic acids is 1. The standard InChI is InChI=1S/C22H23N5O2/c1-3-13-29-18-11-9-17(10-12-18)20(28)24-21-25-22-23-15(2)14-19(27(22)26-21)16-7-5-4-6-8-16/h4-12,14,19H,3,13H2,1-2H3,(H2,23,24,25,26,28). The molecule has 1 amide bonds. The first-order chi connectivity index (χ1) is 14.1. The van der Waals surface area contributed by atoms with E-state index in [1.165, 1.54) is 0 Å². The topological polar surface area (TPSA) is 81.1 Å². The average Bonchev–Trinajstić information content (AvgIpc) is 3.14. The van der Waals surface area contributed by atoms with Crippen LogP contribution in [0.15, 0.2) is 66.4 Å². The van der Waals surface area contributed by atoms with Crippen LogP contribution in [0.4, 0.5) is 11.9 Å². The van der Waals surface area contributed by atoms with Crippen LogP contribution >= 0.6 is 0 Å². The Morgan fingerprint density at radius 1 is 1.17 bits per heavy atom. The lowest BCUT2D eigenvalue weighted by Crippen LogP contribution is -2.19. The molecular weight excluding hydrogens is 366 g/mol. The SMILES string of the molecule is CCCOc1ccc(C(=O)Nc2nc3n(n2)C(c2ccccc2)C=C(C)N3)cc1. The number of nitrogens with one attached hydrogen (secondary N) is 2. The van der Waals surface area contributed by atoms with Crippen LogP contribution in [0.2, 0.25) is 0 Å². The number of aromatic nitrogens is 3. The number of benzene rings is 2. The number of hydrogen-bond acceptors (Lipinski definition) is 5. The van der Waals surface area contributed by atoms with Crippen LogP contribution < -0.4 is 15.4 Å². The molecule has 0 bridgehead atoms. The Balaban J connectivity index is 1.52. The zero-order chi connectivity index (χ0) is 20.2. The third-order valence-electron chi connectivity index (χ3n) is 4.57. The highest BCUT2D eigenvalue weighted by Gasteiger charge is 2.24. The Hall–Kier alpha value is -3.61. The maximum absolute atomic E-state index is 12.6. The number of allylic oxidation sites excluding steroid dienone is 2. The van der Waals surface area contributed by atoms with Gasteiger partial charge in [0.2, 0.25) is 5.95 Å². The van der Waals surface area contributed by atoms with Gasteiger partial charge in [-0.1, -0.05) is 37.3 Å². The molecule has 1 unspecified atom stereocenters. The lowest BCUT2D eigenvalue weighted by atomic mass is 10.1. The van der Waals surface area contributed by atoms with Crippen molar-refractivity contribution in [3.05, 3.63) is 77.5 Å². The largest absolute Gasteiger partial charge is 0.494 e. The highest BCUT2D eigenvalue weighted by atomic mass is 16.5. The number of fused-ring (bicyclic) bond motifs is 1. The second-order valence-electron chi connectivity index (χ2n) is 6.86. The van der Waals surface area contributed by atoms with Gasteiger partial charge in [-0.3, -0.25) is 10.1 Å². The molecule has 148 valence electrons. The summed E-state index contributed by atoms with van der Waals surface area (Å²) in [5.74, 6) is 1.33. The van der Waals surface area contributed by atoms with Gasteiger partial charge in [0.15, 0.2) is 0 Å². The summed E-state index contributed by atoms with van der Waals surface area (Å²) in [6.07, 6.45) is 3.02. The molecule has 0 radical (unpaired) electrons. The Labute approximate surface area is 169 Å². The summed E-state index contributed by atoms with van der Waals surface area (Å²) in [7, 11) is 0. The zero-order valence-electron chi connectivity index (χ0n) is 16.4. The fourth-order valence-corrected chi connectivity index (χ4v) is 3.16. The molecule has 1 aromatic heterocycles. The number of carbonyl (C=O) groups is 1. The van der Waals surface area contributed by atoms with Gasteiger partial charge in [-0.05, 0) is 49.2 Å². The van der Waals surface area contributed by atoms with Gasteiger partial charge in [0.1, 0.15) is 11.8 Å². The van der Waals surface area contributed by atoms with Crippen LogP contribution in [0.3, 0.4) is 0 Å². The van der Waals surface area contributed by atoms with E-state index in [1.807, 2.05) is 44.2 Å². The molecule has 0 saturated heterocycles. The molecule has 3 aromatic rings. The van der Waals surface area contributed by atoms with Crippen LogP contribution in [0.1, 0.15) is 42.2 Å². The minimum absolute atomic E-state index is 0.0828. The molecule has 7 nitrogen and oxygen atoms in total. The Kier molecular flexibility index (Phi) is 5.29. The first-order valence-electron chi connectivity index (χ1n) is 9.65. The number of rotatable bonds is 6. The minimum atomic E-state index is -0.268. The summed E-state index contributed by atoms with van der Waals surface area (Å²) in [5, 5.41) is 10.5. The molecular formula is C22H23N5O2. The second kappa shape index (κ2) is 8.18. The van der Waals surface area contributed by atoms with Gasteiger partial charge in [-0.25, -0.2) is 4.68 Å². The van der Waals surface area contributed by atoms with Crippen molar-refractivity contribution in [2.75, 3.05) is 17.2 Å². The fourth-order valence-electron chi connectivity index (χ4n) is 3.16. The molecule has 7 heteroatoms. The fraction of sp³-hybridized carbons (Fsp3) is 0.227. The number of anilines is 2. The molecule has 0 aliphatic carbocycles. The minimum Gasteiger partial charge on any atom is -0.494 e. The van der Waals surface area contributed by atoms with Crippen LogP contribution in [0, 0.1) is 0 Å². The van der Waals surface area contributed by atoms with E-state index in [1.54, 1.807) is 28.9 Å². The Bertz CT molecular complexity index is 1030. The Morgan fingerprint density at radius 2 is 1.93 bits per heavy atom. The predicted molar refractivity (Wildman–Crippen MR) is 112 cm³/mol. The van der Waals surface area contributed by atoms with Gasteiger partial charge in [0.25, 0.3) is 11.9 Å². The lowest BCUT2D eigenvalue weighted by molar-refractivity contribution is 0.102. The third kappa shape index (κ3) is 4.13. The summed E-state index contributed by atoms with van der Waals surface area (Å²) in [4.78, 5) is 17.0. The van der Waals surface area contributed by atoms with Crippen molar-refractivity contribution >= 4 is 17.8 Å². The smallest absolute Gasteiger partial charge is 0.258 e. The summed E-state index contributed by atoms with van der Waals surface area (Å²) in [6, 6.07) is 17.0. The lowest BCUT2D eigenvalue weighted by Gasteiger charge is -2.22. The molecule has 2 heterocycles. The molecule has 4 rings (SSSR count). The monoisotopic (exact) mass is 389 g/mol. The molecule has 1 atom stereocenters. The zero-order valence-corrected chi connectivity index (χ0v) is 16.4. The quantitative estimate of drug-likeness (QED) is 0.659. The van der Waals surface area contributed by atoms with Crippen LogP contribution in [0.25, 0.3) is 0 Å². The highest BCUT2D eigenvalue weighted by Crippen LogP contribution is 2.29. The van der Waals surface area contributed by atoms with Gasteiger partial charge in [0.05, 0.1) is 6.61 Å². The number of hydrogen-bond donors (Lipinski definition) is 2. The van der Waals surface area contributed by atoms with Crippen molar-refractivity contribution in [2.45, 2.75) is 26.3 Å². The van der Waals surface area contributed by atoms with E-state index in [0.29, 0.717) is 18.1 Å². The van der Waals surface area contributed by atoms with Gasteiger partial charge in [-0.15, -0.1) is 5.10 Å². The highest BCUT2D eigenvalue weighted by molar-refractivity contribution is 6.03. The average molecular weight is 389 g/mol. The molecule has 1 aliphatic rings. The van der Waals surface area contributed by atoms with Crippen molar-refractivity contribution < 1.29 is 9.53 Å². The van der Waals surface area contributed by atoms with Gasteiger partial charge < -0.3 is 10.1 Å². The first-order valence-corrected chi connectivity index (χ1v) is 9.65. The summed E-state index contributed by atoms with van der Waals surface area (Å²) < 4.78 is 7.33. The van der Waals surface area contributed by atoms with Crippen molar-refractivity contribution in [3.8, 4) is 5.75 Å². The van der Waals surface area contributed by atoms with E-state index >= 15 is 0 Å². The molecule has 1 aliphatic heterocycles. The van der Waals surface area contributed by atoms with E-state index in [9.17, 15) is 4.79 Å². The Morgan fingerprint density at radius 3 is 2.66 bits per heavy atom. The van der Waals surface area contributed by atoms with E-state index in [2.05, 4.69) is 26.8 Å². The first kappa shape index (κ1) is 18.7. The van der Waals surface area contributed by atoms with Crippen molar-refractivity contribution in [1.29, 1.82) is 0 Å². The second-order valence-corrected chi connectivity index (χ2v) is 6.86. The van der Waals surface area contributed by atoms with Crippen molar-refractivity contribution in [3.63, 3.8) is 0 Å². The van der Waals surface area contributed by atoms with Crippen LogP contribution in [-0.4, -0.2) is 27.3 Å². The number of nitrogens with zero attached hydrogens (tertiary/aromatic N) is 3. The van der Waals surface area contributed by atoms with Crippen molar-refractivity contribution in [2.24, 2.45) is 0 Å². The predicted octanol–water partition coefficient (Wildman–Crippen LogP) is 4.24. The summed E-state index contributed by atoms with van der Waals surface area (Å²) in [5.41, 5.74) is 2.60. The maximum Gasteiger partial charge on any atom is 0.258 e. The number of amides is 1. The van der Waals surface area contributed by atoms with Crippen molar-refractivity contribution in [1.82, 2.24) is 14.8 Å². The molecule has 29 heavy (non-hydrogen) atoms. The van der Waals surface area contributed by atoms with E-state index in [0.717, 1.165) is 23.4 Å². The van der Waals surface area contributed by atoms with Crippen LogP contribution in [0.5, 0.6) is 5.75 Å². The summed E-state index contributed by atoms with van der Waals surface area (Å²) in [6.45, 7) is 4.68. The van der Waals surface area contributed by atoms with Crippen LogP contribution in [-0.2, 0) is 0 Å². The normalized spacial score (nSPS) is 15.1. The number of ether oxygens (including phenoxy) is 1.